The van der Waals surface area contributed by atoms with Crippen molar-refractivity contribution in [2.24, 2.45) is 16.6 Å². The summed E-state index contributed by atoms with van der Waals surface area (Å²) in [6, 6.07) is 7.67. The minimum absolute atomic E-state index is 0.452. The van der Waals surface area contributed by atoms with Gasteiger partial charge in [0, 0.05) is 18.8 Å². The first-order valence-electron chi connectivity index (χ1n) is 8.78. The molecule has 0 aliphatic carbocycles. The Bertz CT molecular complexity index is 560. The third kappa shape index (κ3) is 10.3. The Labute approximate surface area is 151 Å². The molecule has 1 aromatic carbocycles. The number of guanidine groups is 1. The first-order chi connectivity index (χ1) is 11.7. The largest absolute Gasteiger partial charge is 0.444 e. The maximum atomic E-state index is 11.7. The van der Waals surface area contributed by atoms with E-state index in [1.807, 2.05) is 45.0 Å². The second kappa shape index (κ2) is 9.91. The third-order valence-electron chi connectivity index (χ3n) is 3.31. The highest BCUT2D eigenvalue weighted by atomic mass is 16.6. The molecular weight excluding hydrogens is 316 g/mol. The quantitative estimate of drug-likeness (QED) is 0.519. The molecule has 0 radical (unpaired) electrons. The first-order valence-corrected chi connectivity index (χ1v) is 8.78. The zero-order chi connectivity index (χ0) is 18.9. The van der Waals surface area contributed by atoms with E-state index < -0.39 is 11.7 Å². The highest BCUT2D eigenvalue weighted by Gasteiger charge is 2.15. The SMILES string of the molecule is CC(C)CCN=C(N)NCCc1ccc(NC(=O)OC(C)(C)C)cc1. The van der Waals surface area contributed by atoms with Gasteiger partial charge in [0.1, 0.15) is 5.60 Å². The normalized spacial score (nSPS) is 12.2. The van der Waals surface area contributed by atoms with E-state index in [1.165, 1.54) is 0 Å². The van der Waals surface area contributed by atoms with Crippen molar-refractivity contribution in [2.75, 3.05) is 18.4 Å². The van der Waals surface area contributed by atoms with E-state index in [4.69, 9.17) is 10.5 Å². The number of nitrogens with two attached hydrogens (primary N) is 1. The fourth-order valence-corrected chi connectivity index (χ4v) is 2.01. The van der Waals surface area contributed by atoms with Crippen LogP contribution in [0.25, 0.3) is 0 Å². The Kier molecular flexibility index (Phi) is 8.25. The molecule has 0 saturated heterocycles. The number of carbonyl (C=O) groups is 1. The van der Waals surface area contributed by atoms with Crippen LogP contribution in [0.15, 0.2) is 29.3 Å². The summed E-state index contributed by atoms with van der Waals surface area (Å²) in [5, 5.41) is 5.83. The molecule has 25 heavy (non-hydrogen) atoms. The van der Waals surface area contributed by atoms with Gasteiger partial charge in [0.25, 0.3) is 0 Å². The average Bonchev–Trinajstić information content (AvgIpc) is 2.46. The predicted molar refractivity (Wildman–Crippen MR) is 104 cm³/mol. The van der Waals surface area contributed by atoms with Crippen molar-refractivity contribution in [1.29, 1.82) is 0 Å². The Balaban J connectivity index is 2.36. The molecule has 0 atom stereocenters. The van der Waals surface area contributed by atoms with E-state index >= 15 is 0 Å². The maximum absolute atomic E-state index is 11.7. The lowest BCUT2D eigenvalue weighted by Gasteiger charge is -2.19. The lowest BCUT2D eigenvalue weighted by molar-refractivity contribution is 0.0636. The summed E-state index contributed by atoms with van der Waals surface area (Å²) in [6.07, 6.45) is 1.41. The monoisotopic (exact) mass is 348 g/mol. The minimum Gasteiger partial charge on any atom is -0.444 e. The van der Waals surface area contributed by atoms with E-state index in [1.54, 1.807) is 0 Å². The summed E-state index contributed by atoms with van der Waals surface area (Å²) >= 11 is 0. The Morgan fingerprint density at radius 3 is 2.44 bits per heavy atom. The number of rotatable bonds is 7. The van der Waals surface area contributed by atoms with Crippen LogP contribution in [0.5, 0.6) is 0 Å². The number of nitrogens with one attached hydrogen (secondary N) is 2. The van der Waals surface area contributed by atoms with Crippen molar-refractivity contribution in [1.82, 2.24) is 5.32 Å². The summed E-state index contributed by atoms with van der Waals surface area (Å²) < 4.78 is 5.22. The number of benzene rings is 1. The first kappa shape index (κ1) is 20.8. The number of amides is 1. The molecule has 0 aliphatic heterocycles. The Hall–Kier alpha value is -2.24. The van der Waals surface area contributed by atoms with Gasteiger partial charge in [-0.2, -0.15) is 0 Å². The van der Waals surface area contributed by atoms with Crippen LogP contribution in [-0.2, 0) is 11.2 Å². The number of ether oxygens (including phenoxy) is 1. The smallest absolute Gasteiger partial charge is 0.412 e. The molecule has 0 saturated carbocycles. The zero-order valence-corrected chi connectivity index (χ0v) is 16.1. The van der Waals surface area contributed by atoms with Crippen LogP contribution in [0.3, 0.4) is 0 Å². The standard InChI is InChI=1S/C19H32N4O2/c1-14(2)10-12-21-17(20)22-13-11-15-6-8-16(9-7-15)23-18(24)25-19(3,4)5/h6-9,14H,10-13H2,1-5H3,(H,23,24)(H3,20,21,22). The molecule has 1 aromatic rings. The summed E-state index contributed by atoms with van der Waals surface area (Å²) in [6.45, 7) is 11.3. The lowest BCUT2D eigenvalue weighted by atomic mass is 10.1. The topological polar surface area (TPSA) is 88.7 Å². The number of hydrogen-bond acceptors (Lipinski definition) is 3. The van der Waals surface area contributed by atoms with Gasteiger partial charge in [-0.25, -0.2) is 4.79 Å². The van der Waals surface area contributed by atoms with E-state index in [9.17, 15) is 4.79 Å². The van der Waals surface area contributed by atoms with Gasteiger partial charge in [-0.3, -0.25) is 10.3 Å². The number of hydrogen-bond donors (Lipinski definition) is 3. The molecule has 4 N–H and O–H groups in total. The fourth-order valence-electron chi connectivity index (χ4n) is 2.01. The predicted octanol–water partition coefficient (Wildman–Crippen LogP) is 3.53. The van der Waals surface area contributed by atoms with Crippen molar-refractivity contribution in [3.8, 4) is 0 Å². The molecule has 6 heteroatoms. The molecule has 0 aromatic heterocycles. The van der Waals surface area contributed by atoms with E-state index in [-0.39, 0.29) is 0 Å². The van der Waals surface area contributed by atoms with Crippen LogP contribution in [0.2, 0.25) is 0 Å². The molecule has 0 unspecified atom stereocenters. The Morgan fingerprint density at radius 2 is 1.88 bits per heavy atom. The van der Waals surface area contributed by atoms with Crippen LogP contribution < -0.4 is 16.4 Å². The number of aliphatic imine (C=N–C) groups is 1. The van der Waals surface area contributed by atoms with E-state index in [0.29, 0.717) is 17.6 Å². The summed E-state index contributed by atoms with van der Waals surface area (Å²) in [5.41, 5.74) is 7.18. The van der Waals surface area contributed by atoms with Crippen molar-refractivity contribution < 1.29 is 9.53 Å². The van der Waals surface area contributed by atoms with Gasteiger partial charge >= 0.3 is 6.09 Å². The molecule has 0 aliphatic rings. The molecule has 140 valence electrons. The Morgan fingerprint density at radius 1 is 1.24 bits per heavy atom. The van der Waals surface area contributed by atoms with Crippen molar-refractivity contribution in [3.63, 3.8) is 0 Å². The average molecular weight is 348 g/mol. The lowest BCUT2D eigenvalue weighted by Crippen LogP contribution is -2.33. The molecule has 0 heterocycles. The van der Waals surface area contributed by atoms with Gasteiger partial charge in [0.05, 0.1) is 0 Å². The van der Waals surface area contributed by atoms with E-state index in [2.05, 4.69) is 29.5 Å². The summed E-state index contributed by atoms with van der Waals surface area (Å²) in [7, 11) is 0. The van der Waals surface area contributed by atoms with Gasteiger partial charge < -0.3 is 15.8 Å². The van der Waals surface area contributed by atoms with Crippen molar-refractivity contribution in [2.45, 2.75) is 53.1 Å². The van der Waals surface area contributed by atoms with Crippen LogP contribution >= 0.6 is 0 Å². The van der Waals surface area contributed by atoms with Gasteiger partial charge in [-0.05, 0) is 57.2 Å². The highest BCUT2D eigenvalue weighted by Crippen LogP contribution is 2.13. The summed E-state index contributed by atoms with van der Waals surface area (Å²) in [4.78, 5) is 16.0. The maximum Gasteiger partial charge on any atom is 0.412 e. The molecular formula is C19H32N4O2. The second-order valence-corrected chi connectivity index (χ2v) is 7.45. The molecule has 0 bridgehead atoms. The van der Waals surface area contributed by atoms with Crippen LogP contribution in [0.1, 0.15) is 46.6 Å². The summed E-state index contributed by atoms with van der Waals surface area (Å²) in [5.74, 6) is 1.12. The third-order valence-corrected chi connectivity index (χ3v) is 3.31. The number of nitrogens with zero attached hydrogens (tertiary/aromatic N) is 1. The molecule has 0 spiro atoms. The molecule has 6 nitrogen and oxygen atoms in total. The zero-order valence-electron chi connectivity index (χ0n) is 16.1. The van der Waals surface area contributed by atoms with Gasteiger partial charge in [0.2, 0.25) is 0 Å². The van der Waals surface area contributed by atoms with Gasteiger partial charge in [0.15, 0.2) is 5.96 Å². The number of carbonyl (C=O) groups excluding carboxylic acids is 1. The van der Waals surface area contributed by atoms with Crippen LogP contribution in [0, 0.1) is 5.92 Å². The second-order valence-electron chi connectivity index (χ2n) is 7.45. The van der Waals surface area contributed by atoms with Crippen molar-refractivity contribution in [3.05, 3.63) is 29.8 Å². The van der Waals surface area contributed by atoms with Crippen LogP contribution in [0.4, 0.5) is 10.5 Å². The minimum atomic E-state index is -0.508. The highest BCUT2D eigenvalue weighted by molar-refractivity contribution is 5.84. The van der Waals surface area contributed by atoms with E-state index in [0.717, 1.165) is 31.5 Å². The molecule has 1 amide bonds. The van der Waals surface area contributed by atoms with Crippen molar-refractivity contribution >= 4 is 17.7 Å². The van der Waals surface area contributed by atoms with Gasteiger partial charge in [-0.1, -0.05) is 26.0 Å². The molecule has 0 fully saturated rings. The van der Waals surface area contributed by atoms with Gasteiger partial charge in [-0.15, -0.1) is 0 Å². The number of anilines is 1. The molecule has 1 rings (SSSR count). The fraction of sp³-hybridized carbons (Fsp3) is 0.579. The van der Waals surface area contributed by atoms with Crippen LogP contribution in [-0.4, -0.2) is 30.7 Å².